The van der Waals surface area contributed by atoms with E-state index in [0.29, 0.717) is 24.6 Å². The molecule has 0 saturated carbocycles. The van der Waals surface area contributed by atoms with Gasteiger partial charge in [0, 0.05) is 13.1 Å². The molecule has 0 saturated heterocycles. The van der Waals surface area contributed by atoms with Crippen molar-refractivity contribution in [2.45, 2.75) is 58.8 Å². The van der Waals surface area contributed by atoms with E-state index in [-0.39, 0.29) is 12.4 Å². The van der Waals surface area contributed by atoms with Crippen LogP contribution in [0.25, 0.3) is 0 Å². The predicted octanol–water partition coefficient (Wildman–Crippen LogP) is 2.72. The number of benzene rings is 1. The molecule has 0 spiro atoms. The number of carbonyl (C=O) groups is 1. The number of halogens is 1. The molecule has 0 aromatic heterocycles. The van der Waals surface area contributed by atoms with Gasteiger partial charge in [-0.3, -0.25) is 4.99 Å². The summed E-state index contributed by atoms with van der Waals surface area (Å²) in [5.41, 5.74) is -0.590. The van der Waals surface area contributed by atoms with Crippen molar-refractivity contribution in [3.8, 4) is 0 Å². The molecule has 8 heteroatoms. The first-order valence-corrected chi connectivity index (χ1v) is 9.39. The molecular formula is C20H33FN4O3. The average Bonchev–Trinajstić information content (AvgIpc) is 2.55. The molecule has 1 aromatic carbocycles. The van der Waals surface area contributed by atoms with E-state index in [4.69, 9.17) is 4.74 Å². The van der Waals surface area contributed by atoms with Gasteiger partial charge in [-0.1, -0.05) is 12.1 Å². The molecule has 0 aliphatic heterocycles. The van der Waals surface area contributed by atoms with E-state index in [1.165, 1.54) is 12.1 Å². The zero-order valence-corrected chi connectivity index (χ0v) is 17.6. The summed E-state index contributed by atoms with van der Waals surface area (Å²) in [6, 6.07) is 5.70. The normalized spacial score (nSPS) is 13.6. The van der Waals surface area contributed by atoms with Crippen LogP contribution >= 0.6 is 0 Å². The van der Waals surface area contributed by atoms with Crippen LogP contribution in [-0.4, -0.2) is 47.9 Å². The highest BCUT2D eigenvalue weighted by atomic mass is 19.1. The van der Waals surface area contributed by atoms with Gasteiger partial charge < -0.3 is 25.8 Å². The molecule has 0 radical (unpaired) electrons. The van der Waals surface area contributed by atoms with Gasteiger partial charge in [-0.05, 0) is 59.2 Å². The molecule has 0 aliphatic carbocycles. The SMILES string of the molecule is CCNC(=NCC(C)(C)NC(=O)OC(C)(C)C)NCC(O)c1ccc(F)cc1. The van der Waals surface area contributed by atoms with E-state index in [0.717, 1.165) is 0 Å². The third kappa shape index (κ3) is 9.55. The molecule has 0 fully saturated rings. The maximum atomic E-state index is 13.0. The third-order valence-electron chi connectivity index (χ3n) is 3.53. The van der Waals surface area contributed by atoms with Crippen LogP contribution in [-0.2, 0) is 4.74 Å². The zero-order chi connectivity index (χ0) is 21.4. The standard InChI is InChI=1S/C20H33FN4O3/c1-7-22-17(23-12-16(26)14-8-10-15(21)11-9-14)24-13-20(5,6)25-18(27)28-19(2,3)4/h8-11,16,26H,7,12-13H2,1-6H3,(H,25,27)(H2,22,23,24). The molecule has 7 nitrogen and oxygen atoms in total. The highest BCUT2D eigenvalue weighted by Gasteiger charge is 2.24. The van der Waals surface area contributed by atoms with Crippen molar-refractivity contribution in [2.75, 3.05) is 19.6 Å². The Kier molecular flexibility index (Phi) is 8.68. The maximum Gasteiger partial charge on any atom is 0.408 e. The number of nitrogens with zero attached hydrogens (tertiary/aromatic N) is 1. The molecule has 1 rings (SSSR count). The van der Waals surface area contributed by atoms with Crippen molar-refractivity contribution >= 4 is 12.1 Å². The number of ether oxygens (including phenoxy) is 1. The van der Waals surface area contributed by atoms with Crippen molar-refractivity contribution in [1.29, 1.82) is 0 Å². The number of hydrogen-bond acceptors (Lipinski definition) is 4. The largest absolute Gasteiger partial charge is 0.444 e. The van der Waals surface area contributed by atoms with Crippen molar-refractivity contribution in [2.24, 2.45) is 4.99 Å². The summed E-state index contributed by atoms with van der Waals surface area (Å²) in [7, 11) is 0. The van der Waals surface area contributed by atoms with Gasteiger partial charge >= 0.3 is 6.09 Å². The first kappa shape index (κ1) is 23.7. The van der Waals surface area contributed by atoms with Crippen LogP contribution in [0.2, 0.25) is 0 Å². The lowest BCUT2D eigenvalue weighted by molar-refractivity contribution is 0.0476. The zero-order valence-electron chi connectivity index (χ0n) is 17.6. The van der Waals surface area contributed by atoms with Crippen molar-refractivity contribution in [3.05, 3.63) is 35.6 Å². The number of aliphatic hydroxyl groups is 1. The minimum Gasteiger partial charge on any atom is -0.444 e. The van der Waals surface area contributed by atoms with Crippen LogP contribution in [0.3, 0.4) is 0 Å². The molecule has 28 heavy (non-hydrogen) atoms. The predicted molar refractivity (Wildman–Crippen MR) is 109 cm³/mol. The quantitative estimate of drug-likeness (QED) is 0.420. The molecule has 158 valence electrons. The average molecular weight is 397 g/mol. The molecule has 1 atom stereocenters. The fourth-order valence-electron chi connectivity index (χ4n) is 2.23. The maximum absolute atomic E-state index is 13.0. The van der Waals surface area contributed by atoms with Gasteiger partial charge in [-0.25, -0.2) is 9.18 Å². The Morgan fingerprint density at radius 3 is 2.32 bits per heavy atom. The second kappa shape index (κ2) is 10.3. The lowest BCUT2D eigenvalue weighted by atomic mass is 10.1. The van der Waals surface area contributed by atoms with Crippen LogP contribution in [0.4, 0.5) is 9.18 Å². The van der Waals surface area contributed by atoms with E-state index in [2.05, 4.69) is 20.9 Å². The monoisotopic (exact) mass is 396 g/mol. The van der Waals surface area contributed by atoms with Gasteiger partial charge in [-0.15, -0.1) is 0 Å². The first-order chi connectivity index (χ1) is 12.9. The molecule has 1 aromatic rings. The second-order valence-electron chi connectivity index (χ2n) is 8.15. The fraction of sp³-hybridized carbons (Fsp3) is 0.600. The Hall–Kier alpha value is -2.35. The molecule has 1 amide bonds. The summed E-state index contributed by atoms with van der Waals surface area (Å²) in [5, 5.41) is 19.2. The number of amides is 1. The Bertz CT molecular complexity index is 654. The molecule has 1 unspecified atom stereocenters. The summed E-state index contributed by atoms with van der Waals surface area (Å²) >= 11 is 0. The number of aliphatic imine (C=N–C) groups is 1. The molecule has 4 N–H and O–H groups in total. The third-order valence-corrected chi connectivity index (χ3v) is 3.53. The lowest BCUT2D eigenvalue weighted by Crippen LogP contribution is -2.49. The summed E-state index contributed by atoms with van der Waals surface area (Å²) in [4.78, 5) is 16.4. The number of alkyl carbamates (subject to hydrolysis) is 1. The van der Waals surface area contributed by atoms with Gasteiger partial charge in [0.2, 0.25) is 0 Å². The van der Waals surface area contributed by atoms with Crippen LogP contribution in [0.5, 0.6) is 0 Å². The topological polar surface area (TPSA) is 95.0 Å². The number of carbonyl (C=O) groups excluding carboxylic acids is 1. The Morgan fingerprint density at radius 1 is 1.18 bits per heavy atom. The lowest BCUT2D eigenvalue weighted by Gasteiger charge is -2.27. The van der Waals surface area contributed by atoms with Gasteiger partial charge in [0.1, 0.15) is 11.4 Å². The van der Waals surface area contributed by atoms with Crippen molar-refractivity contribution in [3.63, 3.8) is 0 Å². The minimum absolute atomic E-state index is 0.206. The summed E-state index contributed by atoms with van der Waals surface area (Å²) in [5.74, 6) is 0.154. The van der Waals surface area contributed by atoms with E-state index < -0.39 is 23.3 Å². The van der Waals surface area contributed by atoms with Crippen molar-refractivity contribution < 1.29 is 19.0 Å². The summed E-state index contributed by atoms with van der Waals surface area (Å²) in [6.07, 6.45) is -1.31. The highest BCUT2D eigenvalue weighted by molar-refractivity contribution is 5.80. The van der Waals surface area contributed by atoms with Gasteiger partial charge in [0.25, 0.3) is 0 Å². The van der Waals surface area contributed by atoms with Crippen LogP contribution in [0, 0.1) is 5.82 Å². The molecular weight excluding hydrogens is 363 g/mol. The number of guanidine groups is 1. The molecule has 0 heterocycles. The first-order valence-electron chi connectivity index (χ1n) is 9.39. The van der Waals surface area contributed by atoms with Crippen LogP contribution in [0.1, 0.15) is 53.2 Å². The van der Waals surface area contributed by atoms with Gasteiger partial charge in [0.05, 0.1) is 18.2 Å². The van der Waals surface area contributed by atoms with Gasteiger partial charge in [-0.2, -0.15) is 0 Å². The second-order valence-corrected chi connectivity index (χ2v) is 8.15. The number of nitrogens with one attached hydrogen (secondary N) is 3. The van der Waals surface area contributed by atoms with E-state index >= 15 is 0 Å². The van der Waals surface area contributed by atoms with E-state index in [9.17, 15) is 14.3 Å². The Labute approximate surface area is 166 Å². The Balaban J connectivity index is 2.64. The number of aliphatic hydroxyl groups excluding tert-OH is 1. The molecule has 0 bridgehead atoms. The summed E-state index contributed by atoms with van der Waals surface area (Å²) in [6.45, 7) is 12.2. The van der Waals surface area contributed by atoms with Gasteiger partial charge in [0.15, 0.2) is 5.96 Å². The molecule has 0 aliphatic rings. The van der Waals surface area contributed by atoms with Crippen LogP contribution in [0.15, 0.2) is 29.3 Å². The van der Waals surface area contributed by atoms with Crippen LogP contribution < -0.4 is 16.0 Å². The Morgan fingerprint density at radius 2 is 1.79 bits per heavy atom. The number of hydrogen-bond donors (Lipinski definition) is 4. The van der Waals surface area contributed by atoms with E-state index in [1.807, 2.05) is 20.8 Å². The highest BCUT2D eigenvalue weighted by Crippen LogP contribution is 2.12. The van der Waals surface area contributed by atoms with Crippen molar-refractivity contribution in [1.82, 2.24) is 16.0 Å². The summed E-state index contributed by atoms with van der Waals surface area (Å²) < 4.78 is 18.3. The fourth-order valence-corrected chi connectivity index (χ4v) is 2.23. The minimum atomic E-state index is -0.808. The smallest absolute Gasteiger partial charge is 0.408 e. The number of rotatable bonds is 7. The van der Waals surface area contributed by atoms with E-state index in [1.54, 1.807) is 32.9 Å².